The van der Waals surface area contributed by atoms with Crippen LogP contribution in [0.3, 0.4) is 0 Å². The van der Waals surface area contributed by atoms with Crippen LogP contribution in [0.2, 0.25) is 5.02 Å². The standard InChI is InChI=1S/C16H14BrClN4O5/c1-2-26-14(23)9-27-15-11(17)6-10(7-12(15)18)8-20-21-16-13(22(24)25)4-3-5-19-16/h3-8H,2,9H2,1H3,(H,19,21)/b20-8-. The molecule has 0 aliphatic rings. The molecule has 0 saturated heterocycles. The molecule has 0 saturated carbocycles. The van der Waals surface area contributed by atoms with Crippen LogP contribution in [0, 0.1) is 10.1 Å². The lowest BCUT2D eigenvalue weighted by molar-refractivity contribution is -0.384. The summed E-state index contributed by atoms with van der Waals surface area (Å²) in [7, 11) is 0. The molecule has 142 valence electrons. The molecule has 0 bridgehead atoms. The molecule has 11 heteroatoms. The smallest absolute Gasteiger partial charge is 0.344 e. The Kier molecular flexibility index (Phi) is 7.50. The molecule has 1 N–H and O–H groups in total. The fraction of sp³-hybridized carbons (Fsp3) is 0.188. The number of nitro groups is 1. The van der Waals surface area contributed by atoms with E-state index in [-0.39, 0.29) is 35.5 Å². The molecular formula is C16H14BrClN4O5. The van der Waals surface area contributed by atoms with E-state index in [1.807, 2.05) is 0 Å². The van der Waals surface area contributed by atoms with Gasteiger partial charge in [0.05, 0.1) is 27.2 Å². The molecule has 27 heavy (non-hydrogen) atoms. The molecule has 0 aliphatic carbocycles. The van der Waals surface area contributed by atoms with E-state index in [9.17, 15) is 14.9 Å². The van der Waals surface area contributed by atoms with E-state index in [4.69, 9.17) is 21.1 Å². The maximum absolute atomic E-state index is 11.4. The second-order valence-electron chi connectivity index (χ2n) is 4.91. The number of pyridine rings is 1. The minimum Gasteiger partial charge on any atom is -0.479 e. The van der Waals surface area contributed by atoms with Crippen molar-refractivity contribution in [3.05, 3.63) is 55.6 Å². The normalized spacial score (nSPS) is 10.6. The van der Waals surface area contributed by atoms with Crippen LogP contribution in [-0.2, 0) is 9.53 Å². The van der Waals surface area contributed by atoms with Crippen LogP contribution in [0.15, 0.2) is 40.0 Å². The average Bonchev–Trinajstić information content (AvgIpc) is 2.61. The molecule has 0 atom stereocenters. The summed E-state index contributed by atoms with van der Waals surface area (Å²) in [4.78, 5) is 25.6. The lowest BCUT2D eigenvalue weighted by Crippen LogP contribution is -2.15. The SMILES string of the molecule is CCOC(=O)COc1c(Cl)cc(/C=N\Nc2ncccc2[N+](=O)[O-])cc1Br. The lowest BCUT2D eigenvalue weighted by Gasteiger charge is -2.10. The summed E-state index contributed by atoms with van der Waals surface area (Å²) in [5.41, 5.74) is 2.90. The molecule has 0 unspecified atom stereocenters. The number of carbonyl (C=O) groups is 1. The van der Waals surface area contributed by atoms with E-state index in [2.05, 4.69) is 31.4 Å². The molecule has 9 nitrogen and oxygen atoms in total. The number of hydrazone groups is 1. The summed E-state index contributed by atoms with van der Waals surface area (Å²) in [6.07, 6.45) is 2.82. The van der Waals surface area contributed by atoms with Gasteiger partial charge in [0, 0.05) is 12.3 Å². The van der Waals surface area contributed by atoms with Crippen molar-refractivity contribution in [2.45, 2.75) is 6.92 Å². The highest BCUT2D eigenvalue weighted by Gasteiger charge is 2.14. The maximum Gasteiger partial charge on any atom is 0.344 e. The number of carbonyl (C=O) groups excluding carboxylic acids is 1. The Labute approximate surface area is 167 Å². The zero-order valence-corrected chi connectivity index (χ0v) is 16.4. The van der Waals surface area contributed by atoms with Gasteiger partial charge in [-0.25, -0.2) is 9.78 Å². The first-order chi connectivity index (χ1) is 12.9. The Balaban J connectivity index is 2.09. The highest BCUT2D eigenvalue weighted by atomic mass is 79.9. The predicted octanol–water partition coefficient (Wildman–Crippen LogP) is 3.79. The number of nitrogens with one attached hydrogen (secondary N) is 1. The van der Waals surface area contributed by atoms with Crippen molar-refractivity contribution in [3.63, 3.8) is 0 Å². The molecule has 0 radical (unpaired) electrons. The van der Waals surface area contributed by atoms with Crippen LogP contribution in [-0.4, -0.2) is 35.3 Å². The zero-order valence-electron chi connectivity index (χ0n) is 14.0. The van der Waals surface area contributed by atoms with E-state index in [1.54, 1.807) is 19.1 Å². The minimum atomic E-state index is -0.562. The number of hydrogen-bond donors (Lipinski definition) is 1. The third-order valence-corrected chi connectivity index (χ3v) is 3.90. The Morgan fingerprint density at radius 1 is 1.52 bits per heavy atom. The molecule has 0 fully saturated rings. The molecule has 1 heterocycles. The van der Waals surface area contributed by atoms with E-state index in [0.29, 0.717) is 10.0 Å². The molecule has 1 aromatic carbocycles. The van der Waals surface area contributed by atoms with Gasteiger partial charge in [-0.05, 0) is 46.6 Å². The first-order valence-corrected chi connectivity index (χ1v) is 8.75. The van der Waals surface area contributed by atoms with Crippen LogP contribution in [0.1, 0.15) is 12.5 Å². The van der Waals surface area contributed by atoms with Gasteiger partial charge in [0.1, 0.15) is 0 Å². The summed E-state index contributed by atoms with van der Waals surface area (Å²) in [5, 5.41) is 15.1. The van der Waals surface area contributed by atoms with Gasteiger partial charge in [0.25, 0.3) is 0 Å². The second kappa shape index (κ2) is 9.83. The highest BCUT2D eigenvalue weighted by molar-refractivity contribution is 9.10. The van der Waals surface area contributed by atoms with Gasteiger partial charge in [-0.2, -0.15) is 5.10 Å². The van der Waals surface area contributed by atoms with E-state index >= 15 is 0 Å². The number of benzene rings is 1. The third kappa shape index (κ3) is 5.90. The van der Waals surface area contributed by atoms with Crippen molar-refractivity contribution in [1.29, 1.82) is 0 Å². The summed E-state index contributed by atoms with van der Waals surface area (Å²) in [6, 6.07) is 5.99. The number of rotatable bonds is 8. The van der Waals surface area contributed by atoms with Crippen molar-refractivity contribution >= 4 is 51.2 Å². The summed E-state index contributed by atoms with van der Waals surface area (Å²) >= 11 is 9.48. The molecule has 0 spiro atoms. The summed E-state index contributed by atoms with van der Waals surface area (Å²) < 4.78 is 10.6. The Morgan fingerprint density at radius 2 is 2.30 bits per heavy atom. The average molecular weight is 458 g/mol. The van der Waals surface area contributed by atoms with Crippen LogP contribution in [0.5, 0.6) is 5.75 Å². The Bertz CT molecular complexity index is 855. The molecule has 0 amide bonds. The van der Waals surface area contributed by atoms with Crippen molar-refractivity contribution < 1.29 is 19.2 Å². The molecule has 0 aliphatic heterocycles. The molecule has 2 aromatic rings. The van der Waals surface area contributed by atoms with Gasteiger partial charge >= 0.3 is 11.7 Å². The fourth-order valence-corrected chi connectivity index (χ4v) is 2.91. The van der Waals surface area contributed by atoms with Gasteiger partial charge in [-0.15, -0.1) is 0 Å². The monoisotopic (exact) mass is 456 g/mol. The number of aromatic nitrogens is 1. The van der Waals surface area contributed by atoms with Crippen molar-refractivity contribution in [2.24, 2.45) is 5.10 Å². The van der Waals surface area contributed by atoms with Crippen molar-refractivity contribution in [2.75, 3.05) is 18.6 Å². The first kappa shape index (κ1) is 20.6. The molecule has 1 aromatic heterocycles. The largest absolute Gasteiger partial charge is 0.479 e. The summed E-state index contributed by atoms with van der Waals surface area (Å²) in [6.45, 7) is 1.68. The minimum absolute atomic E-state index is 0.0123. The van der Waals surface area contributed by atoms with E-state index in [1.165, 1.54) is 24.5 Å². The van der Waals surface area contributed by atoms with Crippen LogP contribution in [0.25, 0.3) is 0 Å². The third-order valence-electron chi connectivity index (χ3n) is 3.03. The van der Waals surface area contributed by atoms with E-state index in [0.717, 1.165) is 0 Å². The topological polar surface area (TPSA) is 116 Å². The van der Waals surface area contributed by atoms with Crippen LogP contribution < -0.4 is 10.2 Å². The number of hydrogen-bond acceptors (Lipinski definition) is 8. The number of esters is 1. The van der Waals surface area contributed by atoms with Gasteiger partial charge in [0.2, 0.25) is 5.82 Å². The Morgan fingerprint density at radius 3 is 2.96 bits per heavy atom. The van der Waals surface area contributed by atoms with Crippen molar-refractivity contribution in [1.82, 2.24) is 4.98 Å². The maximum atomic E-state index is 11.4. The van der Waals surface area contributed by atoms with Gasteiger partial charge in [0.15, 0.2) is 12.4 Å². The number of anilines is 1. The van der Waals surface area contributed by atoms with Gasteiger partial charge in [-0.3, -0.25) is 15.5 Å². The first-order valence-electron chi connectivity index (χ1n) is 7.58. The lowest BCUT2D eigenvalue weighted by atomic mass is 10.2. The number of halogens is 2. The summed E-state index contributed by atoms with van der Waals surface area (Å²) in [5.74, 6) is -0.208. The number of ether oxygens (including phenoxy) is 2. The van der Waals surface area contributed by atoms with Gasteiger partial charge in [-0.1, -0.05) is 11.6 Å². The van der Waals surface area contributed by atoms with Crippen LogP contribution >= 0.6 is 27.5 Å². The van der Waals surface area contributed by atoms with Crippen molar-refractivity contribution in [3.8, 4) is 5.75 Å². The van der Waals surface area contributed by atoms with Gasteiger partial charge < -0.3 is 9.47 Å². The zero-order chi connectivity index (χ0) is 19.8. The fourth-order valence-electron chi connectivity index (χ4n) is 1.92. The quantitative estimate of drug-likeness (QED) is 0.277. The number of nitrogens with zero attached hydrogens (tertiary/aromatic N) is 3. The van der Waals surface area contributed by atoms with Crippen LogP contribution in [0.4, 0.5) is 11.5 Å². The Hall–Kier alpha value is -2.72. The molecule has 2 rings (SSSR count). The van der Waals surface area contributed by atoms with E-state index < -0.39 is 10.9 Å². The molecular weight excluding hydrogens is 444 g/mol. The second-order valence-corrected chi connectivity index (χ2v) is 6.17. The highest BCUT2D eigenvalue weighted by Crippen LogP contribution is 2.34. The predicted molar refractivity (Wildman–Crippen MR) is 103 cm³/mol.